The van der Waals surface area contributed by atoms with Gasteiger partial charge in [0.1, 0.15) is 29.9 Å². The van der Waals surface area contributed by atoms with Crippen molar-refractivity contribution in [1.29, 1.82) is 0 Å². The van der Waals surface area contributed by atoms with E-state index in [0.29, 0.717) is 13.2 Å². The summed E-state index contributed by atoms with van der Waals surface area (Å²) in [5, 5.41) is 1.09. The molecule has 29 heavy (non-hydrogen) atoms. The van der Waals surface area contributed by atoms with Crippen LogP contribution in [0.3, 0.4) is 0 Å². The molecule has 1 saturated heterocycles. The minimum absolute atomic E-state index is 0.472. The first kappa shape index (κ1) is 19.2. The number of aldehydes is 1. The molecule has 0 N–H and O–H groups in total. The fourth-order valence-electron chi connectivity index (χ4n) is 3.69. The smallest absolute Gasteiger partial charge is 0.146 e. The number of para-hydroxylation sites is 1. The summed E-state index contributed by atoms with van der Waals surface area (Å²) in [6.07, 6.45) is 2.82. The predicted octanol–water partition coefficient (Wildman–Crippen LogP) is 3.14. The monoisotopic (exact) mass is 391 g/mol. The number of nitrogens with zero attached hydrogens (tertiary/aromatic N) is 3. The summed E-state index contributed by atoms with van der Waals surface area (Å²) >= 11 is 0. The van der Waals surface area contributed by atoms with Gasteiger partial charge in [0.05, 0.1) is 13.7 Å². The van der Waals surface area contributed by atoms with Crippen LogP contribution in [-0.4, -0.2) is 56.0 Å². The van der Waals surface area contributed by atoms with Crippen LogP contribution in [0.5, 0.6) is 11.5 Å². The summed E-state index contributed by atoms with van der Waals surface area (Å²) < 4.78 is 11.3. The van der Waals surface area contributed by atoms with Crippen LogP contribution in [-0.2, 0) is 11.4 Å². The maximum atomic E-state index is 10.7. The van der Waals surface area contributed by atoms with Gasteiger partial charge in [0.25, 0.3) is 0 Å². The lowest BCUT2D eigenvalue weighted by molar-refractivity contribution is -0.108. The Morgan fingerprint density at radius 2 is 1.83 bits per heavy atom. The number of hydrogen-bond acceptors (Lipinski definition) is 6. The fourth-order valence-corrected chi connectivity index (χ4v) is 3.69. The Hall–Kier alpha value is -3.12. The van der Waals surface area contributed by atoms with Crippen molar-refractivity contribution in [3.63, 3.8) is 0 Å². The van der Waals surface area contributed by atoms with Crippen LogP contribution >= 0.6 is 0 Å². The van der Waals surface area contributed by atoms with Gasteiger partial charge in [0.2, 0.25) is 0 Å². The Balaban J connectivity index is 1.52. The van der Waals surface area contributed by atoms with Crippen molar-refractivity contribution in [3.8, 4) is 11.5 Å². The van der Waals surface area contributed by atoms with E-state index in [4.69, 9.17) is 9.47 Å². The van der Waals surface area contributed by atoms with Crippen molar-refractivity contribution >= 4 is 22.9 Å². The van der Waals surface area contributed by atoms with Crippen LogP contribution in [0.1, 0.15) is 5.56 Å². The van der Waals surface area contributed by atoms with E-state index in [0.717, 1.165) is 66.1 Å². The second-order valence-electron chi connectivity index (χ2n) is 7.07. The number of fused-ring (bicyclic) bond motifs is 1. The van der Waals surface area contributed by atoms with Gasteiger partial charge in [-0.25, -0.2) is 0 Å². The van der Waals surface area contributed by atoms with Gasteiger partial charge in [0, 0.05) is 43.4 Å². The number of benzene rings is 2. The quantitative estimate of drug-likeness (QED) is 0.577. The maximum absolute atomic E-state index is 10.7. The molecule has 0 bridgehead atoms. The number of pyridine rings is 1. The Labute approximate surface area is 170 Å². The molecule has 150 valence electrons. The second-order valence-corrected chi connectivity index (χ2v) is 7.07. The zero-order chi connectivity index (χ0) is 20.1. The molecule has 0 amide bonds. The van der Waals surface area contributed by atoms with Gasteiger partial charge in [-0.15, -0.1) is 0 Å². The third kappa shape index (κ3) is 4.32. The zero-order valence-electron chi connectivity index (χ0n) is 16.6. The van der Waals surface area contributed by atoms with E-state index < -0.39 is 0 Å². The van der Waals surface area contributed by atoms with E-state index in [9.17, 15) is 4.79 Å². The Morgan fingerprint density at radius 3 is 2.55 bits per heavy atom. The minimum atomic E-state index is 0.472. The molecule has 1 aromatic heterocycles. The molecule has 3 aromatic rings. The van der Waals surface area contributed by atoms with Crippen LogP contribution in [0.25, 0.3) is 10.9 Å². The third-order valence-electron chi connectivity index (χ3n) is 5.31. The molecule has 0 spiro atoms. The maximum Gasteiger partial charge on any atom is 0.146 e. The number of rotatable bonds is 7. The number of piperazine rings is 1. The summed E-state index contributed by atoms with van der Waals surface area (Å²) in [7, 11) is 1.66. The molecule has 2 heterocycles. The summed E-state index contributed by atoms with van der Waals surface area (Å²) in [6.45, 7) is 4.54. The van der Waals surface area contributed by atoms with Crippen molar-refractivity contribution in [1.82, 2.24) is 9.88 Å². The van der Waals surface area contributed by atoms with Crippen LogP contribution < -0.4 is 14.4 Å². The number of hydrogen-bond donors (Lipinski definition) is 0. The SMILES string of the molecule is COc1ccc(COc2cccc3c(N4CCN(CC=O)CC4)ccnc23)cc1. The number of methoxy groups -OCH3 is 1. The van der Waals surface area contributed by atoms with E-state index in [1.165, 1.54) is 0 Å². The molecule has 1 fully saturated rings. The molecule has 6 heteroatoms. The molecule has 0 aliphatic carbocycles. The molecule has 2 aromatic carbocycles. The highest BCUT2D eigenvalue weighted by molar-refractivity contribution is 5.95. The summed E-state index contributed by atoms with van der Waals surface area (Å²) in [5.41, 5.74) is 3.11. The lowest BCUT2D eigenvalue weighted by Gasteiger charge is -2.35. The normalized spacial score (nSPS) is 14.7. The van der Waals surface area contributed by atoms with Crippen molar-refractivity contribution in [2.24, 2.45) is 0 Å². The van der Waals surface area contributed by atoms with Gasteiger partial charge >= 0.3 is 0 Å². The van der Waals surface area contributed by atoms with E-state index in [1.807, 2.05) is 42.6 Å². The predicted molar refractivity (Wildman–Crippen MR) is 114 cm³/mol. The topological polar surface area (TPSA) is 54.9 Å². The highest BCUT2D eigenvalue weighted by Gasteiger charge is 2.19. The van der Waals surface area contributed by atoms with E-state index in [1.54, 1.807) is 7.11 Å². The van der Waals surface area contributed by atoms with E-state index >= 15 is 0 Å². The molecule has 4 rings (SSSR count). The molecule has 0 atom stereocenters. The van der Waals surface area contributed by atoms with Gasteiger partial charge in [-0.1, -0.05) is 24.3 Å². The number of carbonyl (C=O) groups is 1. The molecule has 6 nitrogen and oxygen atoms in total. The third-order valence-corrected chi connectivity index (χ3v) is 5.31. The Bertz CT molecular complexity index is 967. The van der Waals surface area contributed by atoms with Gasteiger partial charge in [-0.3, -0.25) is 9.88 Å². The number of carbonyl (C=O) groups excluding carboxylic acids is 1. The first-order valence-electron chi connectivity index (χ1n) is 9.83. The Morgan fingerprint density at radius 1 is 1.03 bits per heavy atom. The number of ether oxygens (including phenoxy) is 2. The number of aromatic nitrogens is 1. The van der Waals surface area contributed by atoms with Gasteiger partial charge in [-0.2, -0.15) is 0 Å². The van der Waals surface area contributed by atoms with Crippen LogP contribution in [0.2, 0.25) is 0 Å². The highest BCUT2D eigenvalue weighted by Crippen LogP contribution is 2.32. The van der Waals surface area contributed by atoms with Crippen LogP contribution in [0, 0.1) is 0 Å². The standard InChI is InChI=1S/C23H25N3O3/c1-28-19-7-5-18(6-8-19)17-29-22-4-2-3-20-21(9-10-24-23(20)22)26-13-11-25(12-14-26)15-16-27/h2-10,16H,11-15,17H2,1H3. The number of anilines is 1. The molecule has 1 aliphatic rings. The average molecular weight is 391 g/mol. The van der Waals surface area contributed by atoms with Gasteiger partial charge in [0.15, 0.2) is 0 Å². The summed E-state index contributed by atoms with van der Waals surface area (Å²) in [6, 6.07) is 16.0. The van der Waals surface area contributed by atoms with Gasteiger partial charge in [-0.05, 0) is 29.8 Å². The molecule has 1 aliphatic heterocycles. The zero-order valence-corrected chi connectivity index (χ0v) is 16.6. The van der Waals surface area contributed by atoms with Gasteiger partial charge < -0.3 is 19.2 Å². The molecule has 0 saturated carbocycles. The fraction of sp³-hybridized carbons (Fsp3) is 0.304. The summed E-state index contributed by atoms with van der Waals surface area (Å²) in [5.74, 6) is 1.61. The first-order valence-corrected chi connectivity index (χ1v) is 9.83. The average Bonchev–Trinajstić information content (AvgIpc) is 2.78. The molecular weight excluding hydrogens is 366 g/mol. The van der Waals surface area contributed by atoms with Crippen molar-refractivity contribution in [3.05, 3.63) is 60.3 Å². The van der Waals surface area contributed by atoms with Crippen molar-refractivity contribution < 1.29 is 14.3 Å². The first-order chi connectivity index (χ1) is 14.3. The molecule has 0 unspecified atom stereocenters. The van der Waals surface area contributed by atoms with E-state index in [-0.39, 0.29) is 0 Å². The second kappa shape index (κ2) is 8.92. The molecule has 0 radical (unpaired) electrons. The minimum Gasteiger partial charge on any atom is -0.497 e. The lowest BCUT2D eigenvalue weighted by atomic mass is 10.1. The van der Waals surface area contributed by atoms with Crippen molar-refractivity contribution in [2.75, 3.05) is 44.7 Å². The highest BCUT2D eigenvalue weighted by atomic mass is 16.5. The van der Waals surface area contributed by atoms with Crippen LogP contribution in [0.15, 0.2) is 54.7 Å². The Kier molecular flexibility index (Phi) is 5.91. The van der Waals surface area contributed by atoms with Crippen LogP contribution in [0.4, 0.5) is 5.69 Å². The molecular formula is C23H25N3O3. The van der Waals surface area contributed by atoms with E-state index in [2.05, 4.69) is 26.9 Å². The summed E-state index contributed by atoms with van der Waals surface area (Å²) in [4.78, 5) is 19.9. The lowest BCUT2D eigenvalue weighted by Crippen LogP contribution is -2.47. The van der Waals surface area contributed by atoms with Crippen molar-refractivity contribution in [2.45, 2.75) is 6.61 Å². The largest absolute Gasteiger partial charge is 0.497 e.